The van der Waals surface area contributed by atoms with Crippen LogP contribution in [0.2, 0.25) is 0 Å². The molecule has 0 spiro atoms. The van der Waals surface area contributed by atoms with Gasteiger partial charge in [-0.05, 0) is 18.6 Å². The van der Waals surface area contributed by atoms with Crippen LogP contribution in [0.5, 0.6) is 11.5 Å². The van der Waals surface area contributed by atoms with E-state index in [-0.39, 0.29) is 17.1 Å². The van der Waals surface area contributed by atoms with Crippen molar-refractivity contribution < 1.29 is 18.3 Å². The molecular formula is C9H11ClO4S. The Hall–Kier alpha value is -0.940. The lowest BCUT2D eigenvalue weighted by molar-refractivity contribution is 0.371. The van der Waals surface area contributed by atoms with Crippen LogP contribution in [0.25, 0.3) is 0 Å². The van der Waals surface area contributed by atoms with Crippen LogP contribution >= 0.6 is 10.7 Å². The van der Waals surface area contributed by atoms with Crippen LogP contribution in [-0.2, 0) is 14.8 Å². The zero-order chi connectivity index (χ0) is 11.6. The van der Waals surface area contributed by atoms with E-state index >= 15 is 0 Å². The molecule has 0 aromatic heterocycles. The lowest BCUT2D eigenvalue weighted by Crippen LogP contribution is -1.97. The molecule has 0 fully saturated rings. The fourth-order valence-corrected chi connectivity index (χ4v) is 2.21. The van der Waals surface area contributed by atoms with Crippen molar-refractivity contribution in [3.8, 4) is 11.5 Å². The van der Waals surface area contributed by atoms with Crippen LogP contribution in [0.3, 0.4) is 0 Å². The highest BCUT2D eigenvalue weighted by Gasteiger charge is 2.15. The number of phenolic OH excluding ortho intramolecular Hbond substituents is 1. The fourth-order valence-electron chi connectivity index (χ4n) is 1.27. The Bertz CT molecular complexity index is 467. The van der Waals surface area contributed by atoms with E-state index in [0.717, 1.165) is 5.56 Å². The van der Waals surface area contributed by atoms with E-state index in [1.165, 1.54) is 7.11 Å². The normalized spacial score (nSPS) is 11.4. The molecule has 84 valence electrons. The number of aryl methyl sites for hydroxylation is 1. The summed E-state index contributed by atoms with van der Waals surface area (Å²) in [5.41, 5.74) is 1.03. The summed E-state index contributed by atoms with van der Waals surface area (Å²) in [5, 5.41) is 9.63. The quantitative estimate of drug-likeness (QED) is 0.831. The van der Waals surface area contributed by atoms with Gasteiger partial charge in [0.1, 0.15) is 0 Å². The minimum atomic E-state index is -3.68. The summed E-state index contributed by atoms with van der Waals surface area (Å²) >= 11 is 0. The second-order valence-electron chi connectivity index (χ2n) is 3.16. The molecule has 1 N–H and O–H groups in total. The number of hydrogen-bond donors (Lipinski definition) is 1. The molecule has 0 aliphatic rings. The lowest BCUT2D eigenvalue weighted by Gasteiger charge is -2.09. The van der Waals surface area contributed by atoms with Gasteiger partial charge in [-0.2, -0.15) is 0 Å². The van der Waals surface area contributed by atoms with Gasteiger partial charge >= 0.3 is 0 Å². The Labute approximate surface area is 92.9 Å². The Morgan fingerprint density at radius 3 is 2.53 bits per heavy atom. The van der Waals surface area contributed by atoms with E-state index in [1.54, 1.807) is 19.1 Å². The lowest BCUT2D eigenvalue weighted by atomic mass is 10.1. The molecule has 6 heteroatoms. The molecule has 1 rings (SSSR count). The first-order valence-corrected chi connectivity index (χ1v) is 6.60. The van der Waals surface area contributed by atoms with Crippen molar-refractivity contribution in [3.63, 3.8) is 0 Å². The maximum atomic E-state index is 10.9. The van der Waals surface area contributed by atoms with Crippen molar-refractivity contribution in [1.29, 1.82) is 0 Å². The van der Waals surface area contributed by atoms with Gasteiger partial charge in [0.2, 0.25) is 9.05 Å². The summed E-state index contributed by atoms with van der Waals surface area (Å²) in [7, 11) is 2.82. The maximum absolute atomic E-state index is 10.9. The van der Waals surface area contributed by atoms with Gasteiger partial charge < -0.3 is 9.84 Å². The third-order valence-electron chi connectivity index (χ3n) is 1.85. The Morgan fingerprint density at radius 1 is 1.47 bits per heavy atom. The van der Waals surface area contributed by atoms with Gasteiger partial charge in [-0.1, -0.05) is 6.07 Å². The van der Waals surface area contributed by atoms with Crippen LogP contribution in [0.1, 0.15) is 11.1 Å². The summed E-state index contributed by atoms with van der Waals surface area (Å²) in [4.78, 5) is 0. The molecule has 0 atom stereocenters. The van der Waals surface area contributed by atoms with Crippen molar-refractivity contribution in [2.24, 2.45) is 0 Å². The van der Waals surface area contributed by atoms with Gasteiger partial charge in [0.15, 0.2) is 11.5 Å². The second-order valence-corrected chi connectivity index (χ2v) is 5.94. The van der Waals surface area contributed by atoms with Crippen LogP contribution in [0, 0.1) is 6.92 Å². The van der Waals surface area contributed by atoms with Crippen molar-refractivity contribution in [1.82, 2.24) is 0 Å². The first-order chi connectivity index (χ1) is 6.83. The van der Waals surface area contributed by atoms with Crippen molar-refractivity contribution >= 4 is 19.7 Å². The molecule has 0 radical (unpaired) electrons. The number of ether oxygens (including phenoxy) is 1. The number of benzene rings is 1. The van der Waals surface area contributed by atoms with Gasteiger partial charge in [-0.3, -0.25) is 0 Å². The largest absolute Gasteiger partial charge is 0.504 e. The van der Waals surface area contributed by atoms with E-state index in [1.807, 2.05) is 0 Å². The minimum absolute atomic E-state index is 0.188. The fraction of sp³-hybridized carbons (Fsp3) is 0.333. The van der Waals surface area contributed by atoms with Crippen molar-refractivity contribution in [2.45, 2.75) is 12.7 Å². The molecule has 0 aliphatic carbocycles. The summed E-state index contributed by atoms with van der Waals surface area (Å²) in [6, 6.07) is 3.16. The summed E-state index contributed by atoms with van der Waals surface area (Å²) in [6.07, 6.45) is 0. The molecule has 1 aromatic rings. The third kappa shape index (κ3) is 3.28. The van der Waals surface area contributed by atoms with Crippen molar-refractivity contribution in [2.75, 3.05) is 7.11 Å². The molecule has 0 bridgehead atoms. The van der Waals surface area contributed by atoms with Crippen LogP contribution in [0.4, 0.5) is 0 Å². The highest BCUT2D eigenvalue weighted by Crippen LogP contribution is 2.32. The maximum Gasteiger partial charge on any atom is 0.236 e. The standard InChI is InChI=1S/C9H11ClO4S/c1-6-3-7(5-15(10,12)13)9(11)8(4-6)14-2/h3-4,11H,5H2,1-2H3. The Balaban J connectivity index is 3.24. The zero-order valence-electron chi connectivity index (χ0n) is 8.32. The third-order valence-corrected chi connectivity index (χ3v) is 2.83. The molecule has 0 amide bonds. The molecule has 0 aliphatic heterocycles. The molecule has 0 saturated heterocycles. The first-order valence-electron chi connectivity index (χ1n) is 4.12. The monoisotopic (exact) mass is 250 g/mol. The topological polar surface area (TPSA) is 63.6 Å². The first kappa shape index (κ1) is 12.1. The van der Waals surface area contributed by atoms with E-state index in [2.05, 4.69) is 0 Å². The average Bonchev–Trinajstić information content (AvgIpc) is 2.08. The second kappa shape index (κ2) is 4.28. The molecule has 1 aromatic carbocycles. The van der Waals surface area contributed by atoms with E-state index in [4.69, 9.17) is 15.4 Å². The van der Waals surface area contributed by atoms with E-state index in [9.17, 15) is 13.5 Å². The van der Waals surface area contributed by atoms with E-state index in [0.29, 0.717) is 0 Å². The van der Waals surface area contributed by atoms with Crippen molar-refractivity contribution in [3.05, 3.63) is 23.3 Å². The smallest absolute Gasteiger partial charge is 0.236 e. The summed E-state index contributed by atoms with van der Waals surface area (Å²) < 4.78 is 26.6. The van der Waals surface area contributed by atoms with Gasteiger partial charge in [0.05, 0.1) is 12.9 Å². The zero-order valence-corrected chi connectivity index (χ0v) is 9.89. The summed E-state index contributed by atoms with van der Waals surface area (Å²) in [5.74, 6) is -0.365. The average molecular weight is 251 g/mol. The number of rotatable bonds is 3. The number of methoxy groups -OCH3 is 1. The van der Waals surface area contributed by atoms with Gasteiger partial charge in [-0.25, -0.2) is 8.42 Å². The number of phenols is 1. The van der Waals surface area contributed by atoms with Crippen LogP contribution in [0.15, 0.2) is 12.1 Å². The number of halogens is 1. The van der Waals surface area contributed by atoms with Gasteiger partial charge in [-0.15, -0.1) is 0 Å². The predicted molar refractivity (Wildman–Crippen MR) is 57.9 cm³/mol. The molecule has 4 nitrogen and oxygen atoms in total. The Morgan fingerprint density at radius 2 is 2.07 bits per heavy atom. The minimum Gasteiger partial charge on any atom is -0.504 e. The predicted octanol–water partition coefficient (Wildman–Crippen LogP) is 1.78. The number of aromatic hydroxyl groups is 1. The SMILES string of the molecule is COc1cc(C)cc(CS(=O)(=O)Cl)c1O. The molecule has 0 saturated carbocycles. The molecule has 15 heavy (non-hydrogen) atoms. The van der Waals surface area contributed by atoms with Crippen LogP contribution < -0.4 is 4.74 Å². The van der Waals surface area contributed by atoms with Crippen LogP contribution in [-0.4, -0.2) is 20.6 Å². The summed E-state index contributed by atoms with van der Waals surface area (Å²) in [6.45, 7) is 1.77. The molecule has 0 unspecified atom stereocenters. The molecular weight excluding hydrogens is 240 g/mol. The highest BCUT2D eigenvalue weighted by atomic mass is 35.7. The van der Waals surface area contributed by atoms with Gasteiger partial charge in [0, 0.05) is 16.2 Å². The van der Waals surface area contributed by atoms with Gasteiger partial charge in [0.25, 0.3) is 0 Å². The Kier molecular flexibility index (Phi) is 3.46. The van der Waals surface area contributed by atoms with E-state index < -0.39 is 14.8 Å². The highest BCUT2D eigenvalue weighted by molar-refractivity contribution is 8.13. The molecule has 0 heterocycles. The number of hydrogen-bond acceptors (Lipinski definition) is 4.